The number of nitrogens with one attached hydrogen (secondary N) is 1. The van der Waals surface area contributed by atoms with Crippen LogP contribution in [0.2, 0.25) is 0 Å². The fraction of sp³-hybridized carbons (Fsp3) is 0.929. The van der Waals surface area contributed by atoms with Crippen molar-refractivity contribution in [1.82, 2.24) is 10.2 Å². The number of carbonyl (C=O) groups excluding carboxylic acids is 1. The number of nitrogens with two attached hydrogens (primary N) is 1. The van der Waals surface area contributed by atoms with Gasteiger partial charge in [-0.2, -0.15) is 0 Å². The SMILES string of the molecule is CC1CN(CC(=O)NC2CCCCC2)CC(CN)O1. The van der Waals surface area contributed by atoms with Crippen LogP contribution in [0.15, 0.2) is 0 Å². The van der Waals surface area contributed by atoms with Gasteiger partial charge in [-0.05, 0) is 19.8 Å². The minimum atomic E-state index is 0.0613. The molecule has 3 N–H and O–H groups in total. The number of hydrogen-bond acceptors (Lipinski definition) is 4. The Kier molecular flexibility index (Phi) is 5.60. The number of amides is 1. The minimum absolute atomic E-state index is 0.0613. The Balaban J connectivity index is 1.74. The molecule has 1 saturated carbocycles. The van der Waals surface area contributed by atoms with Gasteiger partial charge in [0.15, 0.2) is 0 Å². The van der Waals surface area contributed by atoms with Gasteiger partial charge in [-0.15, -0.1) is 0 Å². The van der Waals surface area contributed by atoms with Crippen molar-refractivity contribution in [3.8, 4) is 0 Å². The summed E-state index contributed by atoms with van der Waals surface area (Å²) >= 11 is 0. The van der Waals surface area contributed by atoms with Crippen molar-refractivity contribution in [2.75, 3.05) is 26.2 Å². The van der Waals surface area contributed by atoms with Gasteiger partial charge in [0, 0.05) is 25.7 Å². The van der Waals surface area contributed by atoms with E-state index in [0.717, 1.165) is 25.9 Å². The molecule has 0 aromatic heterocycles. The smallest absolute Gasteiger partial charge is 0.234 e. The molecular weight excluding hydrogens is 242 g/mol. The van der Waals surface area contributed by atoms with E-state index >= 15 is 0 Å². The molecule has 0 bridgehead atoms. The lowest BCUT2D eigenvalue weighted by molar-refractivity contribution is -0.127. The van der Waals surface area contributed by atoms with Gasteiger partial charge in [-0.1, -0.05) is 19.3 Å². The van der Waals surface area contributed by atoms with Gasteiger partial charge in [0.1, 0.15) is 0 Å². The second-order valence-electron chi connectivity index (χ2n) is 5.90. The molecule has 2 fully saturated rings. The molecule has 0 aromatic carbocycles. The van der Waals surface area contributed by atoms with Crippen molar-refractivity contribution in [2.24, 2.45) is 5.73 Å². The number of rotatable bonds is 4. The Hall–Kier alpha value is -0.650. The molecule has 2 rings (SSSR count). The molecule has 0 aromatic rings. The first-order valence-electron chi connectivity index (χ1n) is 7.54. The average Bonchev–Trinajstić information content (AvgIpc) is 2.38. The predicted molar refractivity (Wildman–Crippen MR) is 74.8 cm³/mol. The molecule has 2 atom stereocenters. The lowest BCUT2D eigenvalue weighted by atomic mass is 9.95. The van der Waals surface area contributed by atoms with Gasteiger partial charge < -0.3 is 15.8 Å². The first-order chi connectivity index (χ1) is 9.17. The Morgan fingerprint density at radius 2 is 2.05 bits per heavy atom. The topological polar surface area (TPSA) is 67.6 Å². The van der Waals surface area contributed by atoms with E-state index < -0.39 is 0 Å². The van der Waals surface area contributed by atoms with E-state index in [-0.39, 0.29) is 18.1 Å². The number of carbonyl (C=O) groups is 1. The van der Waals surface area contributed by atoms with Crippen LogP contribution in [-0.2, 0) is 9.53 Å². The summed E-state index contributed by atoms with van der Waals surface area (Å²) in [6.07, 6.45) is 6.29. The molecule has 5 heteroatoms. The monoisotopic (exact) mass is 269 g/mol. The maximum absolute atomic E-state index is 12.1. The van der Waals surface area contributed by atoms with E-state index in [2.05, 4.69) is 10.2 Å². The molecule has 2 aliphatic rings. The van der Waals surface area contributed by atoms with Crippen LogP contribution in [0.25, 0.3) is 0 Å². The van der Waals surface area contributed by atoms with Crippen LogP contribution < -0.4 is 11.1 Å². The van der Waals surface area contributed by atoms with Crippen molar-refractivity contribution >= 4 is 5.91 Å². The third-order valence-corrected chi connectivity index (χ3v) is 4.00. The quantitative estimate of drug-likeness (QED) is 0.779. The van der Waals surface area contributed by atoms with E-state index in [4.69, 9.17) is 10.5 Å². The molecule has 1 saturated heterocycles. The summed E-state index contributed by atoms with van der Waals surface area (Å²) in [7, 11) is 0. The fourth-order valence-electron chi connectivity index (χ4n) is 3.12. The van der Waals surface area contributed by atoms with Gasteiger partial charge in [-0.3, -0.25) is 9.69 Å². The van der Waals surface area contributed by atoms with Crippen LogP contribution in [0.5, 0.6) is 0 Å². The Morgan fingerprint density at radius 1 is 1.32 bits per heavy atom. The maximum Gasteiger partial charge on any atom is 0.234 e. The normalized spacial score (nSPS) is 30.2. The zero-order valence-electron chi connectivity index (χ0n) is 11.9. The summed E-state index contributed by atoms with van der Waals surface area (Å²) in [6.45, 7) is 4.60. The van der Waals surface area contributed by atoms with Crippen molar-refractivity contribution in [3.63, 3.8) is 0 Å². The largest absolute Gasteiger partial charge is 0.371 e. The number of nitrogens with zero attached hydrogens (tertiary/aromatic N) is 1. The highest BCUT2D eigenvalue weighted by Crippen LogP contribution is 2.17. The van der Waals surface area contributed by atoms with E-state index in [1.807, 2.05) is 6.92 Å². The molecule has 1 amide bonds. The molecule has 1 heterocycles. The second kappa shape index (κ2) is 7.22. The second-order valence-corrected chi connectivity index (χ2v) is 5.90. The highest BCUT2D eigenvalue weighted by molar-refractivity contribution is 5.78. The molecule has 2 unspecified atom stereocenters. The van der Waals surface area contributed by atoms with E-state index in [1.54, 1.807) is 0 Å². The highest BCUT2D eigenvalue weighted by atomic mass is 16.5. The summed E-state index contributed by atoms with van der Waals surface area (Å²) in [5.41, 5.74) is 5.66. The molecule has 1 aliphatic carbocycles. The zero-order chi connectivity index (χ0) is 13.7. The Labute approximate surface area is 115 Å². The lowest BCUT2D eigenvalue weighted by Gasteiger charge is -2.36. The standard InChI is InChI=1S/C14H27N3O2/c1-11-8-17(9-13(7-15)19-11)10-14(18)16-12-5-3-2-4-6-12/h11-13H,2-10,15H2,1H3,(H,16,18). The van der Waals surface area contributed by atoms with Crippen molar-refractivity contribution in [2.45, 2.75) is 57.3 Å². The van der Waals surface area contributed by atoms with Gasteiger partial charge in [0.05, 0.1) is 18.8 Å². The van der Waals surface area contributed by atoms with E-state index in [9.17, 15) is 4.79 Å². The van der Waals surface area contributed by atoms with Gasteiger partial charge in [0.25, 0.3) is 0 Å². The number of ether oxygens (including phenoxy) is 1. The summed E-state index contributed by atoms with van der Waals surface area (Å²) in [4.78, 5) is 14.2. The number of morpholine rings is 1. The fourth-order valence-corrected chi connectivity index (χ4v) is 3.12. The van der Waals surface area contributed by atoms with E-state index in [1.165, 1.54) is 19.3 Å². The first-order valence-corrected chi connectivity index (χ1v) is 7.54. The maximum atomic E-state index is 12.1. The Bertz CT molecular complexity index is 292. The predicted octanol–water partition coefficient (Wildman–Crippen LogP) is 0.483. The van der Waals surface area contributed by atoms with Crippen molar-refractivity contribution < 1.29 is 9.53 Å². The number of hydrogen-bond donors (Lipinski definition) is 2. The zero-order valence-corrected chi connectivity index (χ0v) is 11.9. The lowest BCUT2D eigenvalue weighted by Crippen LogP contribution is -2.52. The summed E-state index contributed by atoms with van der Waals surface area (Å²) in [5, 5.41) is 3.16. The van der Waals surface area contributed by atoms with Crippen LogP contribution in [0, 0.1) is 0 Å². The summed E-state index contributed by atoms with van der Waals surface area (Å²) < 4.78 is 5.70. The molecular formula is C14H27N3O2. The van der Waals surface area contributed by atoms with Gasteiger partial charge in [0.2, 0.25) is 5.91 Å². The van der Waals surface area contributed by atoms with Gasteiger partial charge >= 0.3 is 0 Å². The van der Waals surface area contributed by atoms with Crippen LogP contribution in [0.1, 0.15) is 39.0 Å². The average molecular weight is 269 g/mol. The Morgan fingerprint density at radius 3 is 2.74 bits per heavy atom. The minimum Gasteiger partial charge on any atom is -0.371 e. The highest BCUT2D eigenvalue weighted by Gasteiger charge is 2.26. The van der Waals surface area contributed by atoms with Crippen LogP contribution >= 0.6 is 0 Å². The summed E-state index contributed by atoms with van der Waals surface area (Å²) in [5.74, 6) is 0.150. The third-order valence-electron chi connectivity index (χ3n) is 4.00. The first kappa shape index (κ1) is 14.8. The molecule has 110 valence electrons. The molecule has 0 radical (unpaired) electrons. The molecule has 5 nitrogen and oxygen atoms in total. The van der Waals surface area contributed by atoms with Gasteiger partial charge in [-0.25, -0.2) is 0 Å². The third kappa shape index (κ3) is 4.75. The summed E-state index contributed by atoms with van der Waals surface area (Å²) in [6, 6.07) is 0.394. The molecule has 1 aliphatic heterocycles. The van der Waals surface area contributed by atoms with Crippen molar-refractivity contribution in [3.05, 3.63) is 0 Å². The van der Waals surface area contributed by atoms with Crippen LogP contribution in [0.4, 0.5) is 0 Å². The van der Waals surface area contributed by atoms with Crippen molar-refractivity contribution in [1.29, 1.82) is 0 Å². The van der Waals surface area contributed by atoms with Crippen LogP contribution in [-0.4, -0.2) is 55.2 Å². The molecule has 0 spiro atoms. The molecule has 19 heavy (non-hydrogen) atoms. The van der Waals surface area contributed by atoms with E-state index in [0.29, 0.717) is 19.1 Å². The van der Waals surface area contributed by atoms with Crippen LogP contribution in [0.3, 0.4) is 0 Å².